The minimum Gasteiger partial charge on any atom is -0.265 e. The molecule has 0 fully saturated rings. The molecule has 0 amide bonds. The van der Waals surface area contributed by atoms with Gasteiger partial charge in [0.2, 0.25) is 0 Å². The quantitative estimate of drug-likeness (QED) is 0.533. The zero-order valence-corrected chi connectivity index (χ0v) is 8.25. The van der Waals surface area contributed by atoms with Crippen LogP contribution in [0, 0.1) is 5.41 Å². The third kappa shape index (κ3) is 1.51. The predicted octanol–water partition coefficient (Wildman–Crippen LogP) is 3.26. The summed E-state index contributed by atoms with van der Waals surface area (Å²) in [6.45, 7) is 4.39. The van der Waals surface area contributed by atoms with E-state index in [1.54, 1.807) is 0 Å². The molecule has 13 heavy (non-hydrogen) atoms. The van der Waals surface area contributed by atoms with Crippen LogP contribution >= 0.6 is 0 Å². The second kappa shape index (κ2) is 2.99. The Balaban J connectivity index is 2.45. The topological polar surface area (TPSA) is 12.4 Å². The molecule has 1 unspecified atom stereocenters. The SMILES string of the molecule is CC1=CC=C2N=CCCC2(C)C=C1. The predicted molar refractivity (Wildman–Crippen MR) is 56.8 cm³/mol. The van der Waals surface area contributed by atoms with Crippen LogP contribution in [-0.2, 0) is 0 Å². The van der Waals surface area contributed by atoms with Gasteiger partial charge in [-0.1, -0.05) is 30.7 Å². The molecule has 2 rings (SSSR count). The van der Waals surface area contributed by atoms with E-state index >= 15 is 0 Å². The summed E-state index contributed by atoms with van der Waals surface area (Å²) in [5.41, 5.74) is 2.67. The third-order valence-corrected chi connectivity index (χ3v) is 2.83. The monoisotopic (exact) mass is 173 g/mol. The van der Waals surface area contributed by atoms with Crippen LogP contribution in [0.1, 0.15) is 26.7 Å². The average molecular weight is 173 g/mol. The van der Waals surface area contributed by atoms with Crippen molar-refractivity contribution in [2.75, 3.05) is 0 Å². The van der Waals surface area contributed by atoms with Gasteiger partial charge in [0.15, 0.2) is 0 Å². The minimum absolute atomic E-state index is 0.170. The van der Waals surface area contributed by atoms with Gasteiger partial charge < -0.3 is 0 Å². The van der Waals surface area contributed by atoms with E-state index in [2.05, 4.69) is 43.1 Å². The molecule has 1 aliphatic carbocycles. The molecule has 0 aromatic rings. The maximum absolute atomic E-state index is 4.46. The van der Waals surface area contributed by atoms with Gasteiger partial charge in [-0.2, -0.15) is 0 Å². The van der Waals surface area contributed by atoms with E-state index in [1.165, 1.54) is 17.7 Å². The van der Waals surface area contributed by atoms with Crippen LogP contribution in [0.4, 0.5) is 0 Å². The van der Waals surface area contributed by atoms with Gasteiger partial charge in [0.05, 0.1) is 0 Å². The molecule has 1 atom stereocenters. The highest BCUT2D eigenvalue weighted by atomic mass is 14.8. The van der Waals surface area contributed by atoms with Crippen LogP contribution in [0.5, 0.6) is 0 Å². The van der Waals surface area contributed by atoms with Gasteiger partial charge in [0.1, 0.15) is 0 Å². The second-order valence-electron chi connectivity index (χ2n) is 4.06. The Bertz CT molecular complexity index is 331. The highest BCUT2D eigenvalue weighted by Gasteiger charge is 2.27. The summed E-state index contributed by atoms with van der Waals surface area (Å²) in [5, 5.41) is 0. The largest absolute Gasteiger partial charge is 0.265 e. The maximum atomic E-state index is 4.46. The first kappa shape index (κ1) is 8.49. The van der Waals surface area contributed by atoms with Crippen LogP contribution in [0.2, 0.25) is 0 Å². The molecule has 0 aromatic heterocycles. The highest BCUT2D eigenvalue weighted by Crippen LogP contribution is 2.38. The molecular formula is C12H15N. The Labute approximate surface area is 79.6 Å². The molecule has 0 bridgehead atoms. The number of allylic oxidation sites excluding steroid dienone is 5. The van der Waals surface area contributed by atoms with Crippen molar-refractivity contribution < 1.29 is 0 Å². The first-order chi connectivity index (χ1) is 6.21. The molecule has 1 aliphatic heterocycles. The Kier molecular flexibility index (Phi) is 1.95. The van der Waals surface area contributed by atoms with E-state index < -0.39 is 0 Å². The summed E-state index contributed by atoms with van der Waals surface area (Å²) in [6.07, 6.45) is 13.1. The number of nitrogens with zero attached hydrogens (tertiary/aromatic N) is 1. The standard InChI is InChI=1S/C12H15N/c1-10-4-5-11-12(2,8-6-10)7-3-9-13-11/h4-6,8-9H,3,7H2,1-2H3. The summed E-state index contributed by atoms with van der Waals surface area (Å²) in [4.78, 5) is 4.46. The third-order valence-electron chi connectivity index (χ3n) is 2.83. The fourth-order valence-electron chi connectivity index (χ4n) is 1.79. The summed E-state index contributed by atoms with van der Waals surface area (Å²) < 4.78 is 0. The van der Waals surface area contributed by atoms with E-state index in [0.29, 0.717) is 0 Å². The van der Waals surface area contributed by atoms with Crippen molar-refractivity contribution in [3.63, 3.8) is 0 Å². The summed E-state index contributed by atoms with van der Waals surface area (Å²) in [7, 11) is 0. The second-order valence-corrected chi connectivity index (χ2v) is 4.06. The number of aliphatic imine (C=N–C) groups is 1. The molecule has 1 heterocycles. The van der Waals surface area contributed by atoms with Gasteiger partial charge in [-0.25, -0.2) is 0 Å². The van der Waals surface area contributed by atoms with Gasteiger partial charge in [0, 0.05) is 17.3 Å². The first-order valence-corrected chi connectivity index (χ1v) is 4.81. The van der Waals surface area contributed by atoms with Crippen LogP contribution in [0.15, 0.2) is 40.6 Å². The Morgan fingerprint density at radius 2 is 2.23 bits per heavy atom. The van der Waals surface area contributed by atoms with E-state index in [1.807, 2.05) is 6.21 Å². The van der Waals surface area contributed by atoms with E-state index in [9.17, 15) is 0 Å². The number of hydrogen-bond donors (Lipinski definition) is 0. The van der Waals surface area contributed by atoms with Gasteiger partial charge >= 0.3 is 0 Å². The fourth-order valence-corrected chi connectivity index (χ4v) is 1.79. The van der Waals surface area contributed by atoms with E-state index in [0.717, 1.165) is 6.42 Å². The van der Waals surface area contributed by atoms with Crippen molar-refractivity contribution in [2.24, 2.45) is 10.4 Å². The summed E-state index contributed by atoms with van der Waals surface area (Å²) in [6, 6.07) is 0. The lowest BCUT2D eigenvalue weighted by Crippen LogP contribution is -2.18. The Hall–Kier alpha value is -1.11. The van der Waals surface area contributed by atoms with Gasteiger partial charge in [-0.05, 0) is 25.8 Å². The molecule has 2 aliphatic rings. The Morgan fingerprint density at radius 3 is 3.08 bits per heavy atom. The van der Waals surface area contributed by atoms with Crippen LogP contribution < -0.4 is 0 Å². The van der Waals surface area contributed by atoms with Crippen molar-refractivity contribution in [1.29, 1.82) is 0 Å². The Morgan fingerprint density at radius 1 is 1.38 bits per heavy atom. The normalized spacial score (nSPS) is 31.8. The zero-order valence-electron chi connectivity index (χ0n) is 8.25. The van der Waals surface area contributed by atoms with Gasteiger partial charge in [0.25, 0.3) is 0 Å². The summed E-state index contributed by atoms with van der Waals surface area (Å²) >= 11 is 0. The average Bonchev–Trinajstić information content (AvgIpc) is 2.27. The van der Waals surface area contributed by atoms with Crippen LogP contribution in [0.25, 0.3) is 0 Å². The smallest absolute Gasteiger partial charge is 0.0496 e. The molecule has 0 spiro atoms. The molecule has 0 saturated heterocycles. The summed E-state index contributed by atoms with van der Waals surface area (Å²) in [5.74, 6) is 0. The number of hydrogen-bond acceptors (Lipinski definition) is 1. The molecule has 0 N–H and O–H groups in total. The first-order valence-electron chi connectivity index (χ1n) is 4.81. The molecular weight excluding hydrogens is 158 g/mol. The number of fused-ring (bicyclic) bond motifs is 1. The van der Waals surface area contributed by atoms with E-state index in [4.69, 9.17) is 0 Å². The lowest BCUT2D eigenvalue weighted by atomic mass is 9.80. The van der Waals surface area contributed by atoms with Crippen molar-refractivity contribution in [3.05, 3.63) is 35.6 Å². The fraction of sp³-hybridized carbons (Fsp3) is 0.417. The van der Waals surface area contributed by atoms with Crippen LogP contribution in [0.3, 0.4) is 0 Å². The highest BCUT2D eigenvalue weighted by molar-refractivity contribution is 5.62. The molecule has 0 radical (unpaired) electrons. The minimum atomic E-state index is 0.170. The zero-order chi connectivity index (χ0) is 9.31. The molecule has 68 valence electrons. The number of rotatable bonds is 0. The van der Waals surface area contributed by atoms with Crippen molar-refractivity contribution in [3.8, 4) is 0 Å². The van der Waals surface area contributed by atoms with Crippen molar-refractivity contribution >= 4 is 6.21 Å². The van der Waals surface area contributed by atoms with Crippen molar-refractivity contribution in [1.82, 2.24) is 0 Å². The van der Waals surface area contributed by atoms with Gasteiger partial charge in [-0.3, -0.25) is 4.99 Å². The lowest BCUT2D eigenvalue weighted by Gasteiger charge is -2.28. The maximum Gasteiger partial charge on any atom is 0.0496 e. The van der Waals surface area contributed by atoms with Crippen molar-refractivity contribution in [2.45, 2.75) is 26.7 Å². The molecule has 0 aromatic carbocycles. The van der Waals surface area contributed by atoms with Crippen LogP contribution in [-0.4, -0.2) is 6.21 Å². The van der Waals surface area contributed by atoms with Gasteiger partial charge in [-0.15, -0.1) is 0 Å². The lowest BCUT2D eigenvalue weighted by molar-refractivity contribution is 0.465. The van der Waals surface area contributed by atoms with E-state index in [-0.39, 0.29) is 5.41 Å². The molecule has 0 saturated carbocycles. The molecule has 1 heteroatoms. The molecule has 1 nitrogen and oxygen atoms in total.